The summed E-state index contributed by atoms with van der Waals surface area (Å²) >= 11 is 0. The molecule has 3 aliphatic rings. The molecule has 2 unspecified atom stereocenters. The van der Waals surface area contributed by atoms with Gasteiger partial charge in [0.15, 0.2) is 0 Å². The monoisotopic (exact) mass is 1050 g/mol. The minimum absolute atomic E-state index is 0.0251. The highest BCUT2D eigenvalue weighted by atomic mass is 16.5. The molecule has 0 fully saturated rings. The molecule has 0 saturated carbocycles. The van der Waals surface area contributed by atoms with Crippen LogP contribution >= 0.6 is 0 Å². The van der Waals surface area contributed by atoms with Crippen LogP contribution in [0.25, 0.3) is 33.4 Å². The second kappa shape index (κ2) is 20.9. The molecule has 2 atom stereocenters. The number of allylic oxidation sites excluding steroid dienone is 2. The van der Waals surface area contributed by atoms with Crippen LogP contribution in [0.2, 0.25) is 0 Å². The maximum Gasteiger partial charge on any atom is 0.133 e. The quantitative estimate of drug-likeness (QED) is 0.121. The van der Waals surface area contributed by atoms with E-state index in [9.17, 15) is 16.4 Å². The van der Waals surface area contributed by atoms with Crippen molar-refractivity contribution in [2.24, 2.45) is 11.3 Å². The molecule has 79 heavy (non-hydrogen) atoms. The molecule has 2 N–H and O–H groups in total. The van der Waals surface area contributed by atoms with Crippen LogP contribution in [0.15, 0.2) is 188 Å². The van der Waals surface area contributed by atoms with Gasteiger partial charge in [-0.3, -0.25) is 0 Å². The first kappa shape index (κ1) is 38.9. The fraction of sp³-hybridized carbons (Fsp3) is 0.311. The van der Waals surface area contributed by atoms with Crippen molar-refractivity contribution >= 4 is 34.3 Å². The number of hydrogen-bond donors (Lipinski definition) is 2. The van der Waals surface area contributed by atoms with Crippen molar-refractivity contribution in [3.8, 4) is 44.9 Å². The summed E-state index contributed by atoms with van der Waals surface area (Å²) in [5, 5.41) is 7.24. The van der Waals surface area contributed by atoms with Crippen LogP contribution in [0.5, 0.6) is 11.5 Å². The molecule has 0 amide bonds. The van der Waals surface area contributed by atoms with Crippen LogP contribution < -0.4 is 20.3 Å². The van der Waals surface area contributed by atoms with Gasteiger partial charge in [0.25, 0.3) is 0 Å². The highest BCUT2D eigenvalue weighted by Crippen LogP contribution is 2.51. The van der Waals surface area contributed by atoms with Gasteiger partial charge in [0.05, 0.1) is 42.5 Å². The Morgan fingerprint density at radius 3 is 2.09 bits per heavy atom. The van der Waals surface area contributed by atoms with E-state index in [2.05, 4.69) is 38.3 Å². The van der Waals surface area contributed by atoms with Crippen molar-refractivity contribution in [2.45, 2.75) is 137 Å². The molecular weight excluding hydrogens is 961 g/mol. The number of nitrogens with zero attached hydrogens (tertiary/aromatic N) is 2. The maximum absolute atomic E-state index is 10.2. The third-order valence-electron chi connectivity index (χ3n) is 15.0. The molecule has 0 bridgehead atoms. The Labute approximate surface area is 491 Å². The van der Waals surface area contributed by atoms with Gasteiger partial charge in [0.1, 0.15) is 17.3 Å². The standard InChI is InChI=1S/C74H80N4O/c1-48(2)38-52-43-69(75-47-62(52)50-22-14-13-15-23-50)78-67-31-19-16-26-60(67)61-34-33-57(45-68(61)78)79-56-25-20-24-55(44-56)76-65-29-17-18-30-66(65)77-70-58(51-32-35-63-64(42-51)74(11,12)37-36-73(63,9)10)27-21-28-59(70)53-39-49(46-71(3,4)5)40-54(41-53)72(6,7)8/h13-35,39-45,47-48,60,67,76-77H,36-38,46H2,1-12H3/i16D,19D,26D,31D,32D,35D,38D2,39D,40D,41D,42D,46D2. The summed E-state index contributed by atoms with van der Waals surface area (Å²) in [6, 6.07) is 33.9. The zero-order valence-electron chi connectivity index (χ0n) is 61.6. The van der Waals surface area contributed by atoms with Gasteiger partial charge in [-0.25, -0.2) is 4.98 Å². The number of aromatic nitrogens is 1. The molecule has 1 aliphatic heterocycles. The largest absolute Gasteiger partial charge is 0.457 e. The Bertz CT molecular complexity index is 4410. The number of hydrogen-bond acceptors (Lipinski definition) is 5. The molecule has 402 valence electrons. The minimum Gasteiger partial charge on any atom is -0.457 e. The van der Waals surface area contributed by atoms with Gasteiger partial charge < -0.3 is 20.3 Å². The first-order chi connectivity index (χ1) is 43.4. The molecular formula is C74H80N4O. The number of rotatable bonds is 13. The summed E-state index contributed by atoms with van der Waals surface area (Å²) in [4.78, 5) is 6.70. The van der Waals surface area contributed by atoms with Gasteiger partial charge in [0, 0.05) is 52.1 Å². The summed E-state index contributed by atoms with van der Waals surface area (Å²) in [6.45, 7) is 22.7. The van der Waals surface area contributed by atoms with E-state index in [4.69, 9.17) is 12.5 Å². The van der Waals surface area contributed by atoms with Gasteiger partial charge in [-0.2, -0.15) is 0 Å². The number of para-hydroxylation sites is 3. The van der Waals surface area contributed by atoms with Crippen molar-refractivity contribution < 1.29 is 23.9 Å². The van der Waals surface area contributed by atoms with Crippen molar-refractivity contribution in [1.29, 1.82) is 0 Å². The van der Waals surface area contributed by atoms with Crippen LogP contribution in [-0.2, 0) is 29.0 Å². The lowest BCUT2D eigenvalue weighted by atomic mass is 9.63. The van der Waals surface area contributed by atoms with Gasteiger partial charge in [-0.05, 0) is 140 Å². The Balaban J connectivity index is 1.03. The molecule has 11 rings (SSSR count). The van der Waals surface area contributed by atoms with E-state index >= 15 is 0 Å². The summed E-state index contributed by atoms with van der Waals surface area (Å²) in [7, 11) is 0. The summed E-state index contributed by atoms with van der Waals surface area (Å²) < 4.78 is 140. The normalized spacial score (nSPS) is 20.4. The first-order valence-electron chi connectivity index (χ1n) is 34.6. The van der Waals surface area contributed by atoms with Gasteiger partial charge in [-0.1, -0.05) is 216 Å². The molecule has 1 aromatic heterocycles. The Hall–Kier alpha value is -7.63. The zero-order valence-corrected chi connectivity index (χ0v) is 47.6. The van der Waals surface area contributed by atoms with Gasteiger partial charge >= 0.3 is 0 Å². The Morgan fingerprint density at radius 1 is 0.671 bits per heavy atom. The second-order valence-corrected chi connectivity index (χ2v) is 24.9. The molecule has 5 nitrogen and oxygen atoms in total. The topological polar surface area (TPSA) is 49.4 Å². The first-order valence-corrected chi connectivity index (χ1v) is 27.6. The third kappa shape index (κ3) is 11.2. The molecule has 0 spiro atoms. The van der Waals surface area contributed by atoms with Crippen molar-refractivity contribution in [1.82, 2.24) is 4.98 Å². The molecule has 8 aromatic rings. The smallest absolute Gasteiger partial charge is 0.133 e. The highest BCUT2D eigenvalue weighted by Gasteiger charge is 2.39. The number of benzene rings is 7. The van der Waals surface area contributed by atoms with Gasteiger partial charge in [0.2, 0.25) is 0 Å². The van der Waals surface area contributed by atoms with E-state index in [-0.39, 0.29) is 82.7 Å². The van der Waals surface area contributed by atoms with Crippen molar-refractivity contribution in [2.75, 3.05) is 15.5 Å². The molecule has 0 radical (unpaired) electrons. The molecule has 7 aromatic carbocycles. The minimum atomic E-state index is -2.22. The van der Waals surface area contributed by atoms with Crippen molar-refractivity contribution in [3.05, 3.63) is 221 Å². The number of pyridine rings is 1. The van der Waals surface area contributed by atoms with Crippen LogP contribution in [-0.4, -0.2) is 11.0 Å². The van der Waals surface area contributed by atoms with Crippen LogP contribution in [0, 0.1) is 11.3 Å². The predicted molar refractivity (Wildman–Crippen MR) is 336 cm³/mol. The second-order valence-electron chi connectivity index (χ2n) is 24.9. The maximum atomic E-state index is 10.2. The Morgan fingerprint density at radius 2 is 1.35 bits per heavy atom. The molecule has 2 heterocycles. The molecule has 5 heteroatoms. The van der Waals surface area contributed by atoms with Gasteiger partial charge in [-0.15, -0.1) is 0 Å². The fourth-order valence-electron chi connectivity index (χ4n) is 10.9. The predicted octanol–water partition coefficient (Wildman–Crippen LogP) is 20.5. The van der Waals surface area contributed by atoms with E-state index in [1.807, 2.05) is 107 Å². The third-order valence-corrected chi connectivity index (χ3v) is 15.0. The molecule has 2 aliphatic carbocycles. The summed E-state index contributed by atoms with van der Waals surface area (Å²) in [5.74, 6) is -0.152. The number of fused-ring (bicyclic) bond motifs is 4. The SMILES string of the molecule is [2H]C1=C([2H])C2c3ccc(Oc4cccc(Nc5ccccc5Nc5c(-c6c([2H])c([2H])c7c(c6[2H])C(C)(C)CCC7(C)C)cccc5-c5c([2H])c(C(C)(C)C)c([2H])c(C([2H])([2H])C(C)(C)C)c5[2H])c4)cc3N(c3cc(C([2H])([2H])C(C)C)c(-c4ccccc4)cn3)C2C([2H])=C1[2H]. The van der Waals surface area contributed by atoms with Crippen LogP contribution in [0.4, 0.5) is 34.3 Å². The number of nitrogens with one attached hydrogen (secondary N) is 2. The lowest BCUT2D eigenvalue weighted by molar-refractivity contribution is 0.332. The van der Waals surface area contributed by atoms with E-state index in [1.165, 1.54) is 0 Å². The fourth-order valence-corrected chi connectivity index (χ4v) is 10.9. The highest BCUT2D eigenvalue weighted by molar-refractivity contribution is 5.95. The Kier molecular flexibility index (Phi) is 10.3. The number of ether oxygens (including phenoxy) is 1. The number of anilines is 6. The average Bonchev–Trinajstić information content (AvgIpc) is 1.60. The lowest BCUT2D eigenvalue weighted by Gasteiger charge is -2.42. The van der Waals surface area contributed by atoms with Crippen LogP contribution in [0.3, 0.4) is 0 Å². The zero-order chi connectivity index (χ0) is 67.7. The van der Waals surface area contributed by atoms with E-state index in [0.29, 0.717) is 84.7 Å². The van der Waals surface area contributed by atoms with Crippen LogP contribution in [0.1, 0.15) is 154 Å². The van der Waals surface area contributed by atoms with E-state index < -0.39 is 52.3 Å². The van der Waals surface area contributed by atoms with E-state index in [0.717, 1.165) is 18.4 Å². The van der Waals surface area contributed by atoms with Crippen molar-refractivity contribution in [3.63, 3.8) is 0 Å². The summed E-state index contributed by atoms with van der Waals surface area (Å²) in [5.41, 5.74) is 4.35. The molecule has 0 saturated heterocycles. The van der Waals surface area contributed by atoms with E-state index in [1.54, 1.807) is 80.4 Å². The summed E-state index contributed by atoms with van der Waals surface area (Å²) in [6.07, 6.45) is -0.894. The lowest BCUT2D eigenvalue weighted by Crippen LogP contribution is -2.33. The average molecular weight is 1060 g/mol.